The van der Waals surface area contributed by atoms with Crippen LogP contribution >= 0.6 is 11.8 Å². The van der Waals surface area contributed by atoms with Crippen molar-refractivity contribution in [3.8, 4) is 0 Å². The zero-order valence-corrected chi connectivity index (χ0v) is 12.1. The maximum atomic E-state index is 14.0. The molecule has 1 aliphatic heterocycles. The fourth-order valence-corrected chi connectivity index (χ4v) is 3.51. The maximum Gasteiger partial charge on any atom is 0.269 e. The van der Waals surface area contributed by atoms with Crippen molar-refractivity contribution in [2.45, 2.75) is 5.37 Å². The van der Waals surface area contributed by atoms with Crippen molar-refractivity contribution in [3.63, 3.8) is 0 Å². The summed E-state index contributed by atoms with van der Waals surface area (Å²) in [6.45, 7) is 0. The number of para-hydroxylation sites is 1. The van der Waals surface area contributed by atoms with Gasteiger partial charge in [0.2, 0.25) is 5.91 Å². The third kappa shape index (κ3) is 2.55. The molecule has 1 atom stereocenters. The van der Waals surface area contributed by atoms with Crippen LogP contribution in [0.2, 0.25) is 0 Å². The van der Waals surface area contributed by atoms with Crippen molar-refractivity contribution >= 4 is 29.0 Å². The first kappa shape index (κ1) is 14.5. The minimum absolute atomic E-state index is 0.0180. The molecule has 5 nitrogen and oxygen atoms in total. The Hall–Kier alpha value is -2.41. The SMILES string of the molecule is O=C1CS[C@@H](c2ccc([N+](=O)[O-])cc2)N1c1ccccc1F. The summed E-state index contributed by atoms with van der Waals surface area (Å²) in [4.78, 5) is 23.7. The lowest BCUT2D eigenvalue weighted by Gasteiger charge is -2.24. The first-order valence-electron chi connectivity index (χ1n) is 6.50. The molecule has 2 aromatic rings. The van der Waals surface area contributed by atoms with Crippen LogP contribution in [-0.4, -0.2) is 16.6 Å². The summed E-state index contributed by atoms with van der Waals surface area (Å²) in [5.74, 6) is -0.403. The van der Waals surface area contributed by atoms with Gasteiger partial charge in [-0.3, -0.25) is 19.8 Å². The number of non-ortho nitro benzene ring substituents is 1. The molecule has 22 heavy (non-hydrogen) atoms. The number of carbonyl (C=O) groups excluding carboxylic acids is 1. The van der Waals surface area contributed by atoms with E-state index >= 15 is 0 Å². The van der Waals surface area contributed by atoms with Gasteiger partial charge in [0.15, 0.2) is 0 Å². The van der Waals surface area contributed by atoms with Crippen molar-refractivity contribution in [2.24, 2.45) is 0 Å². The van der Waals surface area contributed by atoms with Crippen LogP contribution in [-0.2, 0) is 4.79 Å². The number of nitro benzene ring substituents is 1. The van der Waals surface area contributed by atoms with Gasteiger partial charge in [0, 0.05) is 12.1 Å². The summed E-state index contributed by atoms with van der Waals surface area (Å²) in [5.41, 5.74) is 0.932. The Bertz CT molecular complexity index is 736. The van der Waals surface area contributed by atoms with E-state index in [9.17, 15) is 19.3 Å². The second kappa shape index (κ2) is 5.76. The van der Waals surface area contributed by atoms with Crippen LogP contribution in [0, 0.1) is 15.9 Å². The van der Waals surface area contributed by atoms with Gasteiger partial charge in [-0.05, 0) is 29.8 Å². The van der Waals surface area contributed by atoms with E-state index in [4.69, 9.17) is 0 Å². The summed E-state index contributed by atoms with van der Waals surface area (Å²) >= 11 is 1.37. The standard InChI is InChI=1S/C15H11FN2O3S/c16-12-3-1-2-4-13(12)17-14(19)9-22-15(17)10-5-7-11(8-6-10)18(20)21/h1-8,15H,9H2/t15-/m0/s1. The van der Waals surface area contributed by atoms with Gasteiger partial charge >= 0.3 is 0 Å². The number of benzene rings is 2. The Morgan fingerprint density at radius 3 is 2.50 bits per heavy atom. The molecular formula is C15H11FN2O3S. The number of amides is 1. The number of halogens is 1. The molecule has 1 saturated heterocycles. The molecule has 7 heteroatoms. The number of nitro groups is 1. The Morgan fingerprint density at radius 2 is 1.86 bits per heavy atom. The smallest absolute Gasteiger partial charge is 0.269 e. The maximum absolute atomic E-state index is 14.0. The third-order valence-electron chi connectivity index (χ3n) is 3.37. The van der Waals surface area contributed by atoms with Gasteiger partial charge in [0.25, 0.3) is 5.69 Å². The monoisotopic (exact) mass is 318 g/mol. The number of carbonyl (C=O) groups is 1. The summed E-state index contributed by atoms with van der Waals surface area (Å²) in [6, 6.07) is 12.1. The predicted molar refractivity (Wildman–Crippen MR) is 82.2 cm³/mol. The Morgan fingerprint density at radius 1 is 1.18 bits per heavy atom. The van der Waals surface area contributed by atoms with E-state index in [1.54, 1.807) is 30.3 Å². The van der Waals surface area contributed by atoms with Gasteiger partial charge in [0.1, 0.15) is 11.2 Å². The molecule has 3 rings (SSSR count). The summed E-state index contributed by atoms with van der Waals surface area (Å²) in [5, 5.41) is 10.3. The van der Waals surface area contributed by atoms with E-state index in [2.05, 4.69) is 0 Å². The predicted octanol–water partition coefficient (Wildman–Crippen LogP) is 3.51. The molecule has 0 saturated carbocycles. The molecule has 0 aliphatic carbocycles. The lowest BCUT2D eigenvalue weighted by molar-refractivity contribution is -0.384. The Labute approximate surface area is 129 Å². The molecule has 0 aromatic heterocycles. The van der Waals surface area contributed by atoms with Gasteiger partial charge in [0.05, 0.1) is 16.4 Å². The number of anilines is 1. The van der Waals surface area contributed by atoms with Gasteiger partial charge in [-0.25, -0.2) is 4.39 Å². The molecule has 112 valence electrons. The third-order valence-corrected chi connectivity index (χ3v) is 4.58. The number of hydrogen-bond acceptors (Lipinski definition) is 4. The molecule has 1 aliphatic rings. The van der Waals surface area contributed by atoms with E-state index in [-0.39, 0.29) is 28.4 Å². The number of hydrogen-bond donors (Lipinski definition) is 0. The van der Waals surface area contributed by atoms with E-state index in [1.807, 2.05) is 0 Å². The van der Waals surface area contributed by atoms with Gasteiger partial charge in [-0.15, -0.1) is 11.8 Å². The molecule has 0 unspecified atom stereocenters. The number of nitrogens with zero attached hydrogens (tertiary/aromatic N) is 2. The van der Waals surface area contributed by atoms with Gasteiger partial charge < -0.3 is 0 Å². The average molecular weight is 318 g/mol. The van der Waals surface area contributed by atoms with E-state index in [1.165, 1.54) is 34.9 Å². The van der Waals surface area contributed by atoms with Crippen LogP contribution in [0.3, 0.4) is 0 Å². The fourth-order valence-electron chi connectivity index (χ4n) is 2.34. The van der Waals surface area contributed by atoms with Crippen LogP contribution in [0.25, 0.3) is 0 Å². The molecule has 1 amide bonds. The minimum atomic E-state index is -0.481. The van der Waals surface area contributed by atoms with Crippen molar-refractivity contribution in [3.05, 3.63) is 70.0 Å². The van der Waals surface area contributed by atoms with E-state index in [0.717, 1.165) is 5.56 Å². The van der Waals surface area contributed by atoms with Crippen molar-refractivity contribution < 1.29 is 14.1 Å². The van der Waals surface area contributed by atoms with Gasteiger partial charge in [-0.2, -0.15) is 0 Å². The number of thioether (sulfide) groups is 1. The molecule has 2 aromatic carbocycles. The largest absolute Gasteiger partial charge is 0.292 e. The highest BCUT2D eigenvalue weighted by Gasteiger charge is 2.35. The molecule has 1 fully saturated rings. The highest BCUT2D eigenvalue weighted by atomic mass is 32.2. The second-order valence-electron chi connectivity index (χ2n) is 4.73. The fraction of sp³-hybridized carbons (Fsp3) is 0.133. The average Bonchev–Trinajstić information content (AvgIpc) is 2.89. The first-order valence-corrected chi connectivity index (χ1v) is 7.55. The van der Waals surface area contributed by atoms with Crippen molar-refractivity contribution in [1.29, 1.82) is 0 Å². The highest BCUT2D eigenvalue weighted by molar-refractivity contribution is 8.00. The molecular weight excluding hydrogens is 307 g/mol. The molecule has 0 spiro atoms. The van der Waals surface area contributed by atoms with Gasteiger partial charge in [-0.1, -0.05) is 12.1 Å². The van der Waals surface area contributed by atoms with Crippen molar-refractivity contribution in [1.82, 2.24) is 0 Å². The number of rotatable bonds is 3. The highest BCUT2D eigenvalue weighted by Crippen LogP contribution is 2.42. The zero-order valence-electron chi connectivity index (χ0n) is 11.3. The lowest BCUT2D eigenvalue weighted by Crippen LogP contribution is -2.28. The van der Waals surface area contributed by atoms with E-state index < -0.39 is 10.7 Å². The topological polar surface area (TPSA) is 63.4 Å². The molecule has 1 heterocycles. The first-order chi connectivity index (χ1) is 10.6. The van der Waals surface area contributed by atoms with Crippen LogP contribution in [0.1, 0.15) is 10.9 Å². The summed E-state index contributed by atoms with van der Waals surface area (Å²) in [6.07, 6.45) is 0. The van der Waals surface area contributed by atoms with E-state index in [0.29, 0.717) is 0 Å². The molecule has 0 N–H and O–H groups in total. The summed E-state index contributed by atoms with van der Waals surface area (Å²) < 4.78 is 14.0. The summed E-state index contributed by atoms with van der Waals surface area (Å²) in [7, 11) is 0. The van der Waals surface area contributed by atoms with Crippen LogP contribution in [0.5, 0.6) is 0 Å². The quantitative estimate of drug-likeness (QED) is 0.642. The van der Waals surface area contributed by atoms with Crippen molar-refractivity contribution in [2.75, 3.05) is 10.7 Å². The zero-order chi connectivity index (χ0) is 15.7. The minimum Gasteiger partial charge on any atom is -0.292 e. The van der Waals surface area contributed by atoms with Crippen LogP contribution in [0.4, 0.5) is 15.8 Å². The lowest BCUT2D eigenvalue weighted by atomic mass is 10.1. The van der Waals surface area contributed by atoms with Crippen LogP contribution < -0.4 is 4.90 Å². The Kier molecular flexibility index (Phi) is 3.81. The van der Waals surface area contributed by atoms with Crippen LogP contribution in [0.15, 0.2) is 48.5 Å². The Balaban J connectivity index is 1.97. The second-order valence-corrected chi connectivity index (χ2v) is 5.80. The molecule has 0 radical (unpaired) electrons. The normalized spacial score (nSPS) is 17.8. The molecule has 0 bridgehead atoms.